The van der Waals surface area contributed by atoms with Gasteiger partial charge in [-0.3, -0.25) is 14.2 Å². The number of benzene rings is 1. The number of rotatable bonds is 4. The van der Waals surface area contributed by atoms with Crippen LogP contribution in [0.4, 0.5) is 10.7 Å². The Kier molecular flexibility index (Phi) is 7.53. The molecule has 4 heterocycles. The van der Waals surface area contributed by atoms with Gasteiger partial charge in [0.2, 0.25) is 11.9 Å². The molecule has 40 heavy (non-hydrogen) atoms. The van der Waals surface area contributed by atoms with Crippen molar-refractivity contribution in [1.82, 2.24) is 29.7 Å². The Morgan fingerprint density at radius 2 is 1.70 bits per heavy atom. The molecule has 3 aromatic rings. The maximum absolute atomic E-state index is 14.0. The molecule has 0 aliphatic carbocycles. The molecule has 0 unspecified atom stereocenters. The van der Waals surface area contributed by atoms with Gasteiger partial charge < -0.3 is 20.4 Å². The lowest BCUT2D eigenvalue weighted by Gasteiger charge is -2.34. The van der Waals surface area contributed by atoms with Crippen LogP contribution in [0.3, 0.4) is 0 Å². The molecular formula is C30H39N7O3. The lowest BCUT2D eigenvalue weighted by atomic mass is 10.0. The zero-order valence-electron chi connectivity index (χ0n) is 24.0. The van der Waals surface area contributed by atoms with Crippen molar-refractivity contribution in [1.29, 1.82) is 0 Å². The Labute approximate surface area is 234 Å². The molecule has 2 saturated heterocycles. The number of carbonyl (C=O) groups excluding carboxylic acids is 2. The fourth-order valence-corrected chi connectivity index (χ4v) is 5.64. The van der Waals surface area contributed by atoms with Crippen molar-refractivity contribution in [3.8, 4) is 11.1 Å². The first-order valence-electron chi connectivity index (χ1n) is 14.1. The van der Waals surface area contributed by atoms with E-state index in [0.717, 1.165) is 29.4 Å². The summed E-state index contributed by atoms with van der Waals surface area (Å²) >= 11 is 0. The summed E-state index contributed by atoms with van der Waals surface area (Å²) in [6, 6.07) is 9.63. The Morgan fingerprint density at radius 3 is 2.35 bits per heavy atom. The van der Waals surface area contributed by atoms with Crippen LogP contribution in [-0.4, -0.2) is 74.0 Å². The van der Waals surface area contributed by atoms with Crippen LogP contribution in [-0.2, 0) is 4.79 Å². The van der Waals surface area contributed by atoms with Crippen molar-refractivity contribution < 1.29 is 9.59 Å². The van der Waals surface area contributed by atoms with Gasteiger partial charge in [0, 0.05) is 61.8 Å². The van der Waals surface area contributed by atoms with Crippen LogP contribution in [0.1, 0.15) is 58.6 Å². The molecule has 1 aromatic carbocycles. The average Bonchev–Trinajstić information content (AvgIpc) is 3.38. The van der Waals surface area contributed by atoms with E-state index < -0.39 is 0 Å². The number of fused-ring (bicyclic) bond motifs is 1. The molecule has 2 N–H and O–H groups in total. The van der Waals surface area contributed by atoms with E-state index in [9.17, 15) is 14.4 Å². The first-order chi connectivity index (χ1) is 19.0. The van der Waals surface area contributed by atoms with Crippen LogP contribution < -0.4 is 16.2 Å². The molecule has 1 atom stereocenters. The van der Waals surface area contributed by atoms with Gasteiger partial charge in [-0.2, -0.15) is 4.98 Å². The molecule has 3 amide bonds. The summed E-state index contributed by atoms with van der Waals surface area (Å²) < 4.78 is 1.77. The summed E-state index contributed by atoms with van der Waals surface area (Å²) in [5.74, 6) is 0.470. The number of anilines is 1. The normalized spacial score (nSPS) is 18.3. The number of nitrogens with zero attached hydrogens (tertiary/aromatic N) is 5. The molecule has 2 fully saturated rings. The third kappa shape index (κ3) is 5.80. The third-order valence-corrected chi connectivity index (χ3v) is 7.78. The summed E-state index contributed by atoms with van der Waals surface area (Å²) in [6.07, 6.45) is 4.00. The summed E-state index contributed by atoms with van der Waals surface area (Å²) in [5.41, 5.74) is 2.69. The molecule has 10 heteroatoms. The number of amides is 3. The Morgan fingerprint density at radius 1 is 1.00 bits per heavy atom. The number of likely N-dealkylation sites (tertiary alicyclic amines) is 2. The molecule has 0 saturated carbocycles. The molecule has 0 radical (unpaired) electrons. The van der Waals surface area contributed by atoms with Gasteiger partial charge in [-0.05, 0) is 64.2 Å². The Bertz CT molecular complexity index is 1480. The summed E-state index contributed by atoms with van der Waals surface area (Å²) in [7, 11) is 0. The van der Waals surface area contributed by atoms with E-state index in [0.29, 0.717) is 49.8 Å². The van der Waals surface area contributed by atoms with Crippen molar-refractivity contribution in [2.45, 2.75) is 71.5 Å². The van der Waals surface area contributed by atoms with Crippen LogP contribution in [0.2, 0.25) is 0 Å². The number of hydrogen-bond donors (Lipinski definition) is 2. The highest BCUT2D eigenvalue weighted by Gasteiger charge is 2.30. The van der Waals surface area contributed by atoms with Gasteiger partial charge in [0.25, 0.3) is 5.56 Å². The van der Waals surface area contributed by atoms with Crippen molar-refractivity contribution in [2.24, 2.45) is 0 Å². The van der Waals surface area contributed by atoms with Gasteiger partial charge in [0.05, 0.1) is 6.04 Å². The van der Waals surface area contributed by atoms with Crippen LogP contribution in [0.15, 0.2) is 41.3 Å². The number of carbonyl (C=O) groups is 2. The van der Waals surface area contributed by atoms with Crippen molar-refractivity contribution >= 4 is 28.9 Å². The predicted molar refractivity (Wildman–Crippen MR) is 156 cm³/mol. The van der Waals surface area contributed by atoms with Crippen LogP contribution in [0.5, 0.6) is 0 Å². The monoisotopic (exact) mass is 545 g/mol. The quantitative estimate of drug-likeness (QED) is 0.514. The van der Waals surface area contributed by atoms with E-state index in [1.807, 2.05) is 62.9 Å². The van der Waals surface area contributed by atoms with Gasteiger partial charge in [-0.15, -0.1) is 0 Å². The van der Waals surface area contributed by atoms with Gasteiger partial charge in [-0.25, -0.2) is 9.78 Å². The maximum atomic E-state index is 14.0. The fraction of sp³-hybridized carbons (Fsp3) is 0.500. The van der Waals surface area contributed by atoms with E-state index in [1.54, 1.807) is 22.6 Å². The average molecular weight is 546 g/mol. The van der Waals surface area contributed by atoms with E-state index in [2.05, 4.69) is 15.6 Å². The molecular weight excluding hydrogens is 506 g/mol. The van der Waals surface area contributed by atoms with Gasteiger partial charge >= 0.3 is 6.03 Å². The topological polar surface area (TPSA) is 112 Å². The summed E-state index contributed by atoms with van der Waals surface area (Å²) in [5, 5.41) is 7.24. The second kappa shape index (κ2) is 10.9. The Hall–Kier alpha value is -3.95. The number of hydrogen-bond acceptors (Lipinski definition) is 6. The minimum atomic E-state index is -0.277. The van der Waals surface area contributed by atoms with Crippen molar-refractivity contribution in [2.75, 3.05) is 31.5 Å². The highest BCUT2D eigenvalue weighted by molar-refractivity contribution is 5.82. The molecule has 2 aliphatic rings. The third-order valence-electron chi connectivity index (χ3n) is 7.78. The van der Waals surface area contributed by atoms with E-state index in [4.69, 9.17) is 4.98 Å². The number of pyridine rings is 1. The Balaban J connectivity index is 1.44. The maximum Gasteiger partial charge on any atom is 0.317 e. The minimum absolute atomic E-state index is 0.00872. The highest BCUT2D eigenvalue weighted by Crippen LogP contribution is 2.29. The molecule has 212 valence electrons. The highest BCUT2D eigenvalue weighted by atomic mass is 16.2. The molecule has 0 bridgehead atoms. The number of nitrogens with one attached hydrogen (secondary N) is 2. The molecule has 5 rings (SSSR count). The first kappa shape index (κ1) is 27.6. The SMILES string of the molecule is CC(=O)N1CC[C@H](n2c(=O)c(-c3ccccc3C)cc3cnc(NC4CCN(C(=O)NC(C)(C)C)CC4)nc32)C1. The lowest BCUT2D eigenvalue weighted by Crippen LogP contribution is -2.51. The van der Waals surface area contributed by atoms with Crippen molar-refractivity contribution in [3.63, 3.8) is 0 Å². The molecule has 2 aliphatic heterocycles. The smallest absolute Gasteiger partial charge is 0.317 e. The summed E-state index contributed by atoms with van der Waals surface area (Å²) in [6.45, 7) is 11.9. The van der Waals surface area contributed by atoms with Crippen molar-refractivity contribution in [3.05, 3.63) is 52.4 Å². The number of aromatic nitrogens is 3. The fourth-order valence-electron chi connectivity index (χ4n) is 5.64. The van der Waals surface area contributed by atoms with E-state index >= 15 is 0 Å². The first-order valence-corrected chi connectivity index (χ1v) is 14.1. The molecule has 2 aromatic heterocycles. The molecule has 10 nitrogen and oxygen atoms in total. The zero-order chi connectivity index (χ0) is 28.6. The number of piperidine rings is 1. The summed E-state index contributed by atoms with van der Waals surface area (Å²) in [4.78, 5) is 51.8. The lowest BCUT2D eigenvalue weighted by molar-refractivity contribution is -0.127. The van der Waals surface area contributed by atoms with Crippen LogP contribution in [0.25, 0.3) is 22.2 Å². The van der Waals surface area contributed by atoms with Gasteiger partial charge in [0.15, 0.2) is 0 Å². The number of urea groups is 1. The van der Waals surface area contributed by atoms with Gasteiger partial charge in [0.1, 0.15) is 5.65 Å². The minimum Gasteiger partial charge on any atom is -0.351 e. The van der Waals surface area contributed by atoms with Gasteiger partial charge in [-0.1, -0.05) is 24.3 Å². The van der Waals surface area contributed by atoms with E-state index in [-0.39, 0.29) is 35.1 Å². The zero-order valence-corrected chi connectivity index (χ0v) is 24.0. The standard InChI is InChI=1S/C30H39N7O3/c1-19-8-6-7-9-24(19)25-16-21-17-31-28(32-22-10-13-35(14-11-22)29(40)34-30(3,4)5)33-26(21)37(27(25)39)23-12-15-36(18-23)20(2)38/h6-9,16-17,22-23H,10-15,18H2,1-5H3,(H,34,40)(H,31,32,33)/t23-/m0/s1. The predicted octanol–water partition coefficient (Wildman–Crippen LogP) is 3.94. The molecule has 0 spiro atoms. The van der Waals surface area contributed by atoms with Crippen LogP contribution in [0, 0.1) is 6.92 Å². The van der Waals surface area contributed by atoms with E-state index in [1.165, 1.54) is 0 Å². The van der Waals surface area contributed by atoms with Crippen LogP contribution >= 0.6 is 0 Å². The second-order valence-corrected chi connectivity index (χ2v) is 12.0. The largest absolute Gasteiger partial charge is 0.351 e. The second-order valence-electron chi connectivity index (χ2n) is 12.0. The number of aryl methyl sites for hydroxylation is 1.